The minimum atomic E-state index is -3.63. The highest BCUT2D eigenvalue weighted by Gasteiger charge is 2.22. The number of sulfone groups is 1. The molecule has 11 heteroatoms. The number of esters is 1. The molecule has 2 aromatic carbocycles. The van der Waals surface area contributed by atoms with Crippen LogP contribution in [0, 0.1) is 0 Å². The number of ether oxygens (including phenoxy) is 3. The smallest absolute Gasteiger partial charge is 0.326 e. The predicted molar refractivity (Wildman–Crippen MR) is 122 cm³/mol. The van der Waals surface area contributed by atoms with Crippen LogP contribution in [0.15, 0.2) is 46.3 Å². The Balaban J connectivity index is 1.88. The van der Waals surface area contributed by atoms with E-state index in [4.69, 9.17) is 14.2 Å². The lowest BCUT2D eigenvalue weighted by atomic mass is 10.2. The fraction of sp³-hybridized carbons (Fsp3) is 0.318. The quantitative estimate of drug-likeness (QED) is 0.488. The zero-order valence-corrected chi connectivity index (χ0v) is 19.7. The van der Waals surface area contributed by atoms with Crippen molar-refractivity contribution in [1.82, 2.24) is 4.57 Å². The number of nitrogens with zero attached hydrogens (tertiary/aromatic N) is 2. The molecular formula is C22H22N2O7S2. The van der Waals surface area contributed by atoms with Gasteiger partial charge in [0.25, 0.3) is 5.91 Å². The van der Waals surface area contributed by atoms with Crippen molar-refractivity contribution in [3.05, 3.63) is 46.8 Å². The Morgan fingerprint density at radius 2 is 1.82 bits per heavy atom. The Kier molecular flexibility index (Phi) is 6.52. The van der Waals surface area contributed by atoms with E-state index in [-0.39, 0.29) is 34.2 Å². The molecule has 0 spiro atoms. The third kappa shape index (κ3) is 4.64. The van der Waals surface area contributed by atoms with E-state index in [9.17, 15) is 18.0 Å². The molecule has 0 saturated heterocycles. The number of fused-ring (bicyclic) bond motifs is 2. The minimum absolute atomic E-state index is 0.0227. The van der Waals surface area contributed by atoms with Gasteiger partial charge in [0.2, 0.25) is 0 Å². The molecule has 0 bridgehead atoms. The molecular weight excluding hydrogens is 468 g/mol. The molecule has 0 unspecified atom stereocenters. The molecule has 0 radical (unpaired) electrons. The molecule has 1 aliphatic rings. The lowest BCUT2D eigenvalue weighted by Crippen LogP contribution is -2.23. The lowest BCUT2D eigenvalue weighted by Gasteiger charge is -2.18. The maximum absolute atomic E-state index is 13.1. The molecule has 3 aromatic rings. The maximum atomic E-state index is 13.1. The number of amides is 1. The lowest BCUT2D eigenvalue weighted by molar-refractivity contribution is -0.143. The van der Waals surface area contributed by atoms with Crippen LogP contribution in [0.4, 0.5) is 0 Å². The number of carbonyl (C=O) groups is 2. The fourth-order valence-corrected chi connectivity index (χ4v) is 5.52. The second kappa shape index (κ2) is 9.36. The van der Waals surface area contributed by atoms with Crippen LogP contribution in [-0.2, 0) is 25.9 Å². The van der Waals surface area contributed by atoms with Gasteiger partial charge in [-0.3, -0.25) is 9.59 Å². The standard InChI is InChI=1S/C22H22N2O7S2/c1-3-29-20(25)13-24-15-11-16-17(31-10-9-30-16)12-18(15)32-22(24)23-21(26)14-7-5-6-8-19(14)33(27,28)4-2/h5-8,11-12H,3-4,9-10,13H2,1-2H3. The number of thiazole rings is 1. The third-order valence-corrected chi connectivity index (χ3v) is 7.80. The van der Waals surface area contributed by atoms with E-state index >= 15 is 0 Å². The summed E-state index contributed by atoms with van der Waals surface area (Å²) in [5, 5.41) is 0. The summed E-state index contributed by atoms with van der Waals surface area (Å²) in [4.78, 5) is 29.7. The van der Waals surface area contributed by atoms with Crippen molar-refractivity contribution in [2.24, 2.45) is 4.99 Å². The van der Waals surface area contributed by atoms with Gasteiger partial charge >= 0.3 is 5.97 Å². The zero-order valence-electron chi connectivity index (χ0n) is 18.1. The first-order chi connectivity index (χ1) is 15.8. The zero-order chi connectivity index (χ0) is 23.6. The van der Waals surface area contributed by atoms with Gasteiger partial charge < -0.3 is 18.8 Å². The Labute approximate surface area is 194 Å². The largest absolute Gasteiger partial charge is 0.486 e. The normalized spacial score (nSPS) is 13.8. The van der Waals surface area contributed by atoms with Crippen molar-refractivity contribution < 1.29 is 32.2 Å². The van der Waals surface area contributed by atoms with Crippen molar-refractivity contribution in [1.29, 1.82) is 0 Å². The van der Waals surface area contributed by atoms with Crippen molar-refractivity contribution in [2.75, 3.05) is 25.6 Å². The molecule has 2 heterocycles. The topological polar surface area (TPSA) is 113 Å². The van der Waals surface area contributed by atoms with Crippen LogP contribution < -0.4 is 14.3 Å². The van der Waals surface area contributed by atoms with Gasteiger partial charge in [-0.2, -0.15) is 4.99 Å². The van der Waals surface area contributed by atoms with E-state index in [1.807, 2.05) is 0 Å². The van der Waals surface area contributed by atoms with Gasteiger partial charge in [0, 0.05) is 12.1 Å². The number of hydrogen-bond donors (Lipinski definition) is 0. The Morgan fingerprint density at radius 3 is 2.52 bits per heavy atom. The van der Waals surface area contributed by atoms with Gasteiger partial charge in [0.1, 0.15) is 19.8 Å². The first-order valence-corrected chi connectivity index (χ1v) is 12.8. The second-order valence-corrected chi connectivity index (χ2v) is 10.3. The predicted octanol–water partition coefficient (Wildman–Crippen LogP) is 2.57. The number of carbonyl (C=O) groups excluding carboxylic acids is 2. The second-order valence-electron chi connectivity index (χ2n) is 7.06. The van der Waals surface area contributed by atoms with E-state index in [0.717, 1.165) is 4.70 Å². The van der Waals surface area contributed by atoms with Gasteiger partial charge in [0.15, 0.2) is 26.1 Å². The van der Waals surface area contributed by atoms with Gasteiger partial charge in [-0.15, -0.1) is 0 Å². The van der Waals surface area contributed by atoms with Gasteiger partial charge in [-0.05, 0) is 19.1 Å². The highest BCUT2D eigenvalue weighted by Crippen LogP contribution is 2.35. The average molecular weight is 491 g/mol. The van der Waals surface area contributed by atoms with Crippen LogP contribution in [0.1, 0.15) is 24.2 Å². The van der Waals surface area contributed by atoms with Crippen molar-refractivity contribution in [3.8, 4) is 11.5 Å². The fourth-order valence-electron chi connectivity index (χ4n) is 3.40. The van der Waals surface area contributed by atoms with Crippen LogP contribution in [0.25, 0.3) is 10.2 Å². The summed E-state index contributed by atoms with van der Waals surface area (Å²) in [7, 11) is -3.63. The van der Waals surface area contributed by atoms with E-state index in [1.54, 1.807) is 35.8 Å². The molecule has 9 nitrogen and oxygen atoms in total. The van der Waals surface area contributed by atoms with Gasteiger partial charge in [-0.1, -0.05) is 30.4 Å². The highest BCUT2D eigenvalue weighted by atomic mass is 32.2. The summed E-state index contributed by atoms with van der Waals surface area (Å²) >= 11 is 1.18. The summed E-state index contributed by atoms with van der Waals surface area (Å²) in [5.41, 5.74) is 0.601. The molecule has 0 fully saturated rings. The molecule has 174 valence electrons. The van der Waals surface area contributed by atoms with Crippen molar-refractivity contribution in [2.45, 2.75) is 25.3 Å². The summed E-state index contributed by atoms with van der Waals surface area (Å²) in [6.45, 7) is 4.08. The van der Waals surface area contributed by atoms with E-state index in [2.05, 4.69) is 4.99 Å². The Hall–Kier alpha value is -3.18. The molecule has 1 aromatic heterocycles. The van der Waals surface area contributed by atoms with Crippen LogP contribution in [-0.4, -0.2) is 50.4 Å². The van der Waals surface area contributed by atoms with E-state index < -0.39 is 21.7 Å². The van der Waals surface area contributed by atoms with Gasteiger partial charge in [0.05, 0.1) is 33.0 Å². The van der Waals surface area contributed by atoms with Crippen LogP contribution in [0.5, 0.6) is 11.5 Å². The summed E-state index contributed by atoms with van der Waals surface area (Å²) < 4.78 is 43.6. The summed E-state index contributed by atoms with van der Waals surface area (Å²) in [6.07, 6.45) is 0. The molecule has 33 heavy (non-hydrogen) atoms. The van der Waals surface area contributed by atoms with Crippen molar-refractivity contribution >= 4 is 43.3 Å². The maximum Gasteiger partial charge on any atom is 0.326 e. The summed E-state index contributed by atoms with van der Waals surface area (Å²) in [6, 6.07) is 9.47. The van der Waals surface area contributed by atoms with Gasteiger partial charge in [-0.25, -0.2) is 8.42 Å². The monoisotopic (exact) mass is 490 g/mol. The minimum Gasteiger partial charge on any atom is -0.486 e. The average Bonchev–Trinajstić information content (AvgIpc) is 3.13. The first kappa shape index (κ1) is 23.0. The van der Waals surface area contributed by atoms with Crippen LogP contribution in [0.3, 0.4) is 0 Å². The molecule has 0 N–H and O–H groups in total. The molecule has 0 atom stereocenters. The van der Waals surface area contributed by atoms with E-state index in [1.165, 1.54) is 30.4 Å². The Morgan fingerprint density at radius 1 is 1.12 bits per heavy atom. The van der Waals surface area contributed by atoms with Crippen LogP contribution >= 0.6 is 11.3 Å². The number of aromatic nitrogens is 1. The molecule has 1 aliphatic heterocycles. The first-order valence-electron chi connectivity index (χ1n) is 10.3. The number of benzene rings is 2. The molecule has 0 saturated carbocycles. The highest BCUT2D eigenvalue weighted by molar-refractivity contribution is 7.91. The third-order valence-electron chi connectivity index (χ3n) is 4.97. The number of hydrogen-bond acceptors (Lipinski definition) is 8. The Bertz CT molecular complexity index is 1400. The molecule has 1 amide bonds. The SMILES string of the molecule is CCOC(=O)Cn1c(=NC(=O)c2ccccc2S(=O)(=O)CC)sc2cc3c(cc21)OCCO3. The summed E-state index contributed by atoms with van der Waals surface area (Å²) in [5.74, 6) is -0.259. The molecule has 4 rings (SSSR count). The van der Waals surface area contributed by atoms with Crippen LogP contribution in [0.2, 0.25) is 0 Å². The van der Waals surface area contributed by atoms with Crippen molar-refractivity contribution in [3.63, 3.8) is 0 Å². The molecule has 0 aliphatic carbocycles. The van der Waals surface area contributed by atoms with E-state index in [0.29, 0.717) is 30.2 Å². The number of rotatable bonds is 6.